The van der Waals surface area contributed by atoms with Crippen LogP contribution >= 0.6 is 11.8 Å². The highest BCUT2D eigenvalue weighted by Crippen LogP contribution is 2.29. The first-order valence-electron chi connectivity index (χ1n) is 3.90. The highest BCUT2D eigenvalue weighted by Gasteiger charge is 2.24. The van der Waals surface area contributed by atoms with E-state index in [1.807, 2.05) is 0 Å². The van der Waals surface area contributed by atoms with E-state index in [-0.39, 0.29) is 11.6 Å². The Morgan fingerprint density at radius 2 is 2.31 bits per heavy atom. The van der Waals surface area contributed by atoms with E-state index < -0.39 is 6.04 Å². The average molecular weight is 197 g/mol. The van der Waals surface area contributed by atoms with E-state index in [2.05, 4.69) is 0 Å². The van der Waals surface area contributed by atoms with Crippen LogP contribution in [0.15, 0.2) is 23.1 Å². The molecule has 0 fully saturated rings. The number of hydrogen-bond donors (Lipinski definition) is 1. The van der Waals surface area contributed by atoms with E-state index in [1.165, 1.54) is 23.9 Å². The Bertz CT molecular complexity index is 367. The molecule has 1 unspecified atom stereocenters. The lowest BCUT2D eigenvalue weighted by Crippen LogP contribution is -2.35. The standard InChI is InChI=1S/C9H8FNOS/c10-5-1-2-8-6(3-5)9(12)7(11)4-13-8/h1-3,7H,4,11H2. The van der Waals surface area contributed by atoms with Gasteiger partial charge in [0.2, 0.25) is 0 Å². The van der Waals surface area contributed by atoms with E-state index in [0.717, 1.165) is 4.90 Å². The van der Waals surface area contributed by atoms with Crippen LogP contribution in [0.4, 0.5) is 4.39 Å². The fraction of sp³-hybridized carbons (Fsp3) is 0.222. The quantitative estimate of drug-likeness (QED) is 0.684. The minimum atomic E-state index is -0.487. The van der Waals surface area contributed by atoms with Crippen molar-refractivity contribution in [2.24, 2.45) is 5.73 Å². The van der Waals surface area contributed by atoms with Gasteiger partial charge in [-0.15, -0.1) is 11.8 Å². The van der Waals surface area contributed by atoms with Gasteiger partial charge in [0.1, 0.15) is 5.82 Å². The average Bonchev–Trinajstić information content (AvgIpc) is 2.12. The van der Waals surface area contributed by atoms with Crippen molar-refractivity contribution in [3.05, 3.63) is 29.6 Å². The van der Waals surface area contributed by atoms with E-state index >= 15 is 0 Å². The summed E-state index contributed by atoms with van der Waals surface area (Å²) in [5, 5.41) is 0. The minimum Gasteiger partial charge on any atom is -0.321 e. The Balaban J connectivity index is 2.51. The Morgan fingerprint density at radius 3 is 3.08 bits per heavy atom. The number of benzene rings is 1. The van der Waals surface area contributed by atoms with Crippen LogP contribution in [0, 0.1) is 5.82 Å². The van der Waals surface area contributed by atoms with E-state index in [4.69, 9.17) is 5.73 Å². The van der Waals surface area contributed by atoms with Crippen molar-refractivity contribution in [1.29, 1.82) is 0 Å². The summed E-state index contributed by atoms with van der Waals surface area (Å²) in [6.45, 7) is 0. The summed E-state index contributed by atoms with van der Waals surface area (Å²) >= 11 is 1.50. The maximum atomic E-state index is 12.8. The number of halogens is 1. The van der Waals surface area contributed by atoms with Crippen molar-refractivity contribution >= 4 is 17.5 Å². The normalized spacial score (nSPS) is 21.4. The first-order chi connectivity index (χ1) is 6.18. The molecule has 1 aliphatic heterocycles. The molecule has 1 aliphatic rings. The van der Waals surface area contributed by atoms with Gasteiger partial charge in [-0.05, 0) is 18.2 Å². The molecule has 1 heterocycles. The smallest absolute Gasteiger partial charge is 0.181 e. The van der Waals surface area contributed by atoms with Crippen LogP contribution in [0.1, 0.15) is 10.4 Å². The number of Topliss-reactive ketones (excluding diaryl/α,β-unsaturated/α-hetero) is 1. The van der Waals surface area contributed by atoms with Gasteiger partial charge in [0.25, 0.3) is 0 Å². The first-order valence-corrected chi connectivity index (χ1v) is 4.89. The van der Waals surface area contributed by atoms with Crippen molar-refractivity contribution in [2.45, 2.75) is 10.9 Å². The maximum Gasteiger partial charge on any atom is 0.181 e. The highest BCUT2D eigenvalue weighted by molar-refractivity contribution is 7.99. The van der Waals surface area contributed by atoms with Crippen molar-refractivity contribution in [2.75, 3.05) is 5.75 Å². The predicted octanol–water partition coefficient (Wildman–Crippen LogP) is 1.44. The number of fused-ring (bicyclic) bond motifs is 1. The van der Waals surface area contributed by atoms with Crippen LogP contribution in [0.5, 0.6) is 0 Å². The van der Waals surface area contributed by atoms with Gasteiger partial charge in [0.15, 0.2) is 5.78 Å². The molecule has 0 spiro atoms. The number of carbonyl (C=O) groups excluding carboxylic acids is 1. The zero-order chi connectivity index (χ0) is 9.42. The number of hydrogen-bond acceptors (Lipinski definition) is 3. The van der Waals surface area contributed by atoms with Crippen LogP contribution in [0.25, 0.3) is 0 Å². The molecule has 2 rings (SSSR count). The van der Waals surface area contributed by atoms with Gasteiger partial charge in [-0.1, -0.05) is 0 Å². The van der Waals surface area contributed by atoms with Crippen LogP contribution in [0.2, 0.25) is 0 Å². The van der Waals surface area contributed by atoms with Crippen molar-refractivity contribution in [1.82, 2.24) is 0 Å². The van der Waals surface area contributed by atoms with Gasteiger partial charge in [-0.2, -0.15) is 0 Å². The fourth-order valence-corrected chi connectivity index (χ4v) is 2.27. The number of thioether (sulfide) groups is 1. The monoisotopic (exact) mass is 197 g/mol. The minimum absolute atomic E-state index is 0.159. The number of carbonyl (C=O) groups is 1. The molecule has 0 aliphatic carbocycles. The molecule has 2 N–H and O–H groups in total. The predicted molar refractivity (Wildman–Crippen MR) is 49.4 cm³/mol. The molecule has 68 valence electrons. The lowest BCUT2D eigenvalue weighted by Gasteiger charge is -2.18. The van der Waals surface area contributed by atoms with Gasteiger partial charge >= 0.3 is 0 Å². The molecule has 0 saturated heterocycles. The second-order valence-electron chi connectivity index (χ2n) is 2.92. The van der Waals surface area contributed by atoms with Crippen molar-refractivity contribution in [3.63, 3.8) is 0 Å². The molecule has 2 nitrogen and oxygen atoms in total. The molecule has 0 saturated carbocycles. The third-order valence-electron chi connectivity index (χ3n) is 1.96. The zero-order valence-corrected chi connectivity index (χ0v) is 7.60. The summed E-state index contributed by atoms with van der Waals surface area (Å²) in [4.78, 5) is 12.3. The molecule has 0 amide bonds. The molecule has 1 atom stereocenters. The topological polar surface area (TPSA) is 43.1 Å². The molecule has 4 heteroatoms. The molecular weight excluding hydrogens is 189 g/mol. The molecule has 13 heavy (non-hydrogen) atoms. The Hall–Kier alpha value is -0.870. The fourth-order valence-electron chi connectivity index (χ4n) is 1.28. The molecule has 1 aromatic rings. The van der Waals surface area contributed by atoms with E-state index in [1.54, 1.807) is 6.07 Å². The van der Waals surface area contributed by atoms with Crippen molar-refractivity contribution < 1.29 is 9.18 Å². The van der Waals surface area contributed by atoms with Crippen LogP contribution in [0.3, 0.4) is 0 Å². The molecule has 0 aromatic heterocycles. The second kappa shape index (κ2) is 3.12. The van der Waals surface area contributed by atoms with Gasteiger partial charge < -0.3 is 5.73 Å². The van der Waals surface area contributed by atoms with E-state index in [9.17, 15) is 9.18 Å². The number of rotatable bonds is 0. The Morgan fingerprint density at radius 1 is 1.54 bits per heavy atom. The third kappa shape index (κ3) is 1.47. The summed E-state index contributed by atoms with van der Waals surface area (Å²) < 4.78 is 12.8. The maximum absolute atomic E-state index is 12.8. The highest BCUT2D eigenvalue weighted by atomic mass is 32.2. The van der Waals surface area contributed by atoms with Gasteiger partial charge in [-0.25, -0.2) is 4.39 Å². The van der Waals surface area contributed by atoms with Crippen LogP contribution in [-0.2, 0) is 0 Å². The van der Waals surface area contributed by atoms with Gasteiger partial charge in [-0.3, -0.25) is 4.79 Å². The Kier molecular flexibility index (Phi) is 2.09. The van der Waals surface area contributed by atoms with Crippen LogP contribution < -0.4 is 5.73 Å². The van der Waals surface area contributed by atoms with Crippen LogP contribution in [-0.4, -0.2) is 17.6 Å². The molecule has 0 bridgehead atoms. The summed E-state index contributed by atoms with van der Waals surface area (Å²) in [6, 6.07) is 3.75. The third-order valence-corrected chi connectivity index (χ3v) is 3.16. The first kappa shape index (κ1) is 8.72. The summed E-state index contributed by atoms with van der Waals surface area (Å²) in [7, 11) is 0. The number of ketones is 1. The van der Waals surface area contributed by atoms with Crippen molar-refractivity contribution in [3.8, 4) is 0 Å². The molecular formula is C9H8FNOS. The Labute approximate surface area is 79.3 Å². The van der Waals surface area contributed by atoms with E-state index in [0.29, 0.717) is 11.3 Å². The lowest BCUT2D eigenvalue weighted by molar-refractivity contribution is 0.0964. The summed E-state index contributed by atoms with van der Waals surface area (Å²) in [6.07, 6.45) is 0. The largest absolute Gasteiger partial charge is 0.321 e. The lowest BCUT2D eigenvalue weighted by atomic mass is 10.1. The SMILES string of the molecule is NC1CSc2ccc(F)cc2C1=O. The van der Waals surface area contributed by atoms with Gasteiger partial charge in [0.05, 0.1) is 6.04 Å². The summed E-state index contributed by atoms with van der Waals surface area (Å²) in [5.41, 5.74) is 5.97. The zero-order valence-electron chi connectivity index (χ0n) is 6.79. The second-order valence-corrected chi connectivity index (χ2v) is 3.98. The molecule has 0 radical (unpaired) electrons. The molecule has 1 aromatic carbocycles. The summed E-state index contributed by atoms with van der Waals surface area (Å²) in [5.74, 6) is 0.0346. The van der Waals surface area contributed by atoms with Gasteiger partial charge in [0, 0.05) is 16.2 Å². The number of nitrogens with two attached hydrogens (primary N) is 1.